The highest BCUT2D eigenvalue weighted by Crippen LogP contribution is 2.13. The maximum absolute atomic E-state index is 12.2. The van der Waals surface area contributed by atoms with Crippen LogP contribution in [0.3, 0.4) is 0 Å². The molecule has 2 rings (SSSR count). The second-order valence-corrected chi connectivity index (χ2v) is 7.53. The fourth-order valence-corrected chi connectivity index (χ4v) is 2.48. The smallest absolute Gasteiger partial charge is 0.276 e. The molecule has 2 aromatic rings. The topological polar surface area (TPSA) is 88.7 Å². The van der Waals surface area contributed by atoms with Gasteiger partial charge in [-0.3, -0.25) is 25.8 Å². The molecule has 0 bridgehead atoms. The number of nitrogens with one attached hydrogen (secondary N) is 3. The number of aryl methyl sites for hydroxylation is 1. The molecule has 0 fully saturated rings. The van der Waals surface area contributed by atoms with Gasteiger partial charge in [0, 0.05) is 5.56 Å². The molecule has 2 aromatic carbocycles. The summed E-state index contributed by atoms with van der Waals surface area (Å²) in [5.41, 5.74) is 6.30. The Kier molecular flexibility index (Phi) is 9.08. The van der Waals surface area contributed by atoms with Gasteiger partial charge in [-0.2, -0.15) is 0 Å². The van der Waals surface area contributed by atoms with Gasteiger partial charge in [-0.1, -0.05) is 26.0 Å². The quantitative estimate of drug-likeness (QED) is 0.441. The summed E-state index contributed by atoms with van der Waals surface area (Å²) in [5, 5.41) is 2.47. The second-order valence-electron chi connectivity index (χ2n) is 7.12. The molecular weight excluding hydrogens is 402 g/mol. The maximum Gasteiger partial charge on any atom is 0.276 e. The minimum atomic E-state index is -0.434. The van der Waals surface area contributed by atoms with Crippen LogP contribution in [0.1, 0.15) is 36.2 Å². The second kappa shape index (κ2) is 11.8. The van der Waals surface area contributed by atoms with E-state index in [1.165, 1.54) is 0 Å². The largest absolute Gasteiger partial charge is 0.494 e. The number of benzene rings is 2. The third-order valence-corrected chi connectivity index (χ3v) is 4.19. The fraction of sp³-hybridized carbons (Fsp3) is 0.318. The van der Waals surface area contributed by atoms with Gasteiger partial charge in [-0.15, -0.1) is 0 Å². The molecule has 0 spiro atoms. The molecule has 0 radical (unpaired) electrons. The van der Waals surface area contributed by atoms with Crippen LogP contribution in [0.2, 0.25) is 0 Å². The van der Waals surface area contributed by atoms with Crippen molar-refractivity contribution in [3.63, 3.8) is 0 Å². The third-order valence-electron chi connectivity index (χ3n) is 3.98. The molecule has 0 unspecified atom stereocenters. The Labute approximate surface area is 182 Å². The first-order valence-corrected chi connectivity index (χ1v) is 10.1. The van der Waals surface area contributed by atoms with E-state index in [0.717, 1.165) is 12.0 Å². The number of hydrogen-bond acceptors (Lipinski definition) is 5. The normalized spacial score (nSPS) is 10.3. The zero-order valence-electron chi connectivity index (χ0n) is 17.4. The number of rotatable bonds is 8. The lowest BCUT2D eigenvalue weighted by Crippen LogP contribution is -2.49. The molecule has 0 heterocycles. The van der Waals surface area contributed by atoms with E-state index < -0.39 is 11.8 Å². The van der Waals surface area contributed by atoms with Gasteiger partial charge in [-0.05, 0) is 73.4 Å². The monoisotopic (exact) mass is 429 g/mol. The molecule has 0 aliphatic rings. The highest BCUT2D eigenvalue weighted by molar-refractivity contribution is 7.80. The molecule has 3 N–H and O–H groups in total. The number of carbonyl (C=O) groups excluding carboxylic acids is 2. The van der Waals surface area contributed by atoms with E-state index in [1.54, 1.807) is 30.3 Å². The predicted molar refractivity (Wildman–Crippen MR) is 119 cm³/mol. The molecule has 8 heteroatoms. The molecule has 30 heavy (non-hydrogen) atoms. The van der Waals surface area contributed by atoms with E-state index in [1.807, 2.05) is 25.1 Å². The fourth-order valence-electron chi connectivity index (χ4n) is 2.34. The van der Waals surface area contributed by atoms with E-state index in [9.17, 15) is 9.59 Å². The summed E-state index contributed by atoms with van der Waals surface area (Å²) in [6.45, 7) is 6.64. The van der Waals surface area contributed by atoms with Gasteiger partial charge in [0.25, 0.3) is 11.8 Å². The van der Waals surface area contributed by atoms with Crippen molar-refractivity contribution in [2.24, 2.45) is 5.92 Å². The Hall–Kier alpha value is -3.13. The molecule has 0 aliphatic heterocycles. The Balaban J connectivity index is 1.70. The van der Waals surface area contributed by atoms with Crippen molar-refractivity contribution in [2.45, 2.75) is 27.2 Å². The van der Waals surface area contributed by atoms with Gasteiger partial charge in [0.1, 0.15) is 11.5 Å². The lowest BCUT2D eigenvalue weighted by molar-refractivity contribution is -0.123. The molecule has 160 valence electrons. The molecule has 0 aromatic heterocycles. The first-order valence-electron chi connectivity index (χ1n) is 9.66. The number of amides is 2. The van der Waals surface area contributed by atoms with Crippen LogP contribution in [-0.4, -0.2) is 30.1 Å². The predicted octanol–water partition coefficient (Wildman–Crippen LogP) is 3.13. The van der Waals surface area contributed by atoms with Crippen molar-refractivity contribution in [1.29, 1.82) is 0 Å². The van der Waals surface area contributed by atoms with Crippen molar-refractivity contribution in [3.05, 3.63) is 59.7 Å². The average Bonchev–Trinajstić information content (AvgIpc) is 2.71. The van der Waals surface area contributed by atoms with E-state index in [4.69, 9.17) is 21.7 Å². The minimum Gasteiger partial charge on any atom is -0.494 e. The summed E-state index contributed by atoms with van der Waals surface area (Å²) in [5.74, 6) is 1.03. The maximum atomic E-state index is 12.2. The zero-order valence-corrected chi connectivity index (χ0v) is 18.2. The van der Waals surface area contributed by atoms with Crippen LogP contribution in [0.4, 0.5) is 0 Å². The van der Waals surface area contributed by atoms with Crippen molar-refractivity contribution < 1.29 is 19.1 Å². The molecule has 7 nitrogen and oxygen atoms in total. The number of hydrogen-bond donors (Lipinski definition) is 3. The van der Waals surface area contributed by atoms with Crippen LogP contribution in [0.5, 0.6) is 11.5 Å². The summed E-state index contributed by atoms with van der Waals surface area (Å²) >= 11 is 5.03. The summed E-state index contributed by atoms with van der Waals surface area (Å²) < 4.78 is 11.0. The summed E-state index contributed by atoms with van der Waals surface area (Å²) in [7, 11) is 0. The molecular formula is C22H27N3O4S. The van der Waals surface area contributed by atoms with Crippen LogP contribution in [0.25, 0.3) is 0 Å². The van der Waals surface area contributed by atoms with E-state index in [0.29, 0.717) is 29.6 Å². The number of ether oxygens (including phenoxy) is 2. The van der Waals surface area contributed by atoms with E-state index in [-0.39, 0.29) is 11.7 Å². The van der Waals surface area contributed by atoms with Crippen molar-refractivity contribution in [3.8, 4) is 11.5 Å². The van der Waals surface area contributed by atoms with E-state index >= 15 is 0 Å². The molecule has 2 amide bonds. The summed E-state index contributed by atoms with van der Waals surface area (Å²) in [6, 6.07) is 14.1. The first-order chi connectivity index (χ1) is 14.3. The summed E-state index contributed by atoms with van der Waals surface area (Å²) in [6.07, 6.45) is 0.962. The minimum absolute atomic E-state index is 0.0267. The van der Waals surface area contributed by atoms with Crippen LogP contribution in [0, 0.1) is 12.8 Å². The van der Waals surface area contributed by atoms with Crippen LogP contribution < -0.4 is 25.6 Å². The highest BCUT2D eigenvalue weighted by Gasteiger charge is 2.09. The number of hydrazine groups is 1. The van der Waals surface area contributed by atoms with Crippen LogP contribution in [0.15, 0.2) is 48.5 Å². The average molecular weight is 430 g/mol. The standard InChI is InChI=1S/C22H27N3O4S/c1-15(2)11-12-28-18-9-7-17(8-10-18)21(27)23-22(30)25-24-20(26)14-29-19-6-4-5-16(3)13-19/h4-10,13,15H,11-12,14H2,1-3H3,(H,24,26)(H2,23,25,27,30). The Morgan fingerprint density at radius 1 is 1.00 bits per heavy atom. The van der Waals surface area contributed by atoms with Crippen LogP contribution >= 0.6 is 12.2 Å². The molecule has 0 atom stereocenters. The molecule has 0 aliphatic carbocycles. The van der Waals surface area contributed by atoms with Gasteiger partial charge in [0.2, 0.25) is 0 Å². The number of thiocarbonyl (C=S) groups is 1. The third kappa shape index (κ3) is 8.48. The zero-order chi connectivity index (χ0) is 21.9. The Morgan fingerprint density at radius 3 is 2.40 bits per heavy atom. The van der Waals surface area contributed by atoms with Crippen LogP contribution in [-0.2, 0) is 4.79 Å². The SMILES string of the molecule is Cc1cccc(OCC(=O)NNC(=S)NC(=O)c2ccc(OCCC(C)C)cc2)c1. The van der Waals surface area contributed by atoms with Gasteiger partial charge < -0.3 is 9.47 Å². The lowest BCUT2D eigenvalue weighted by atomic mass is 10.1. The number of carbonyl (C=O) groups is 2. The first kappa shape index (κ1) is 23.2. The highest BCUT2D eigenvalue weighted by atomic mass is 32.1. The van der Waals surface area contributed by atoms with E-state index in [2.05, 4.69) is 30.0 Å². The summed E-state index contributed by atoms with van der Waals surface area (Å²) in [4.78, 5) is 24.1. The van der Waals surface area contributed by atoms with Crippen molar-refractivity contribution in [2.75, 3.05) is 13.2 Å². The van der Waals surface area contributed by atoms with Crippen molar-refractivity contribution >= 4 is 29.1 Å². The molecule has 0 saturated heterocycles. The van der Waals surface area contributed by atoms with Gasteiger partial charge in [-0.25, -0.2) is 0 Å². The van der Waals surface area contributed by atoms with Gasteiger partial charge in [0.05, 0.1) is 6.61 Å². The van der Waals surface area contributed by atoms with Gasteiger partial charge in [0.15, 0.2) is 11.7 Å². The molecule has 0 saturated carbocycles. The van der Waals surface area contributed by atoms with Gasteiger partial charge >= 0.3 is 0 Å². The lowest BCUT2D eigenvalue weighted by Gasteiger charge is -2.12. The Morgan fingerprint density at radius 2 is 1.73 bits per heavy atom. The Bertz CT molecular complexity index is 869. The van der Waals surface area contributed by atoms with Crippen molar-refractivity contribution in [1.82, 2.24) is 16.2 Å².